The van der Waals surface area contributed by atoms with Gasteiger partial charge in [-0.1, -0.05) is 61.0 Å². The van der Waals surface area contributed by atoms with Crippen LogP contribution in [0.1, 0.15) is 23.6 Å². The topological polar surface area (TPSA) is 73.1 Å². The fraction of sp³-hybridized carbons (Fsp3) is 0.192. The molecule has 4 aromatic rings. The van der Waals surface area contributed by atoms with Crippen LogP contribution in [-0.2, 0) is 24.3 Å². The van der Waals surface area contributed by atoms with E-state index in [4.69, 9.17) is 11.6 Å². The Balaban J connectivity index is 1.77. The van der Waals surface area contributed by atoms with Gasteiger partial charge in [-0.3, -0.25) is 18.7 Å². The fourth-order valence-corrected chi connectivity index (χ4v) is 4.22. The summed E-state index contributed by atoms with van der Waals surface area (Å²) in [5, 5.41) is 3.85. The molecular formula is C26H24ClN3O3. The van der Waals surface area contributed by atoms with Gasteiger partial charge in [-0.15, -0.1) is 0 Å². The maximum absolute atomic E-state index is 13.4. The molecule has 3 aromatic carbocycles. The van der Waals surface area contributed by atoms with Crippen LogP contribution in [0.2, 0.25) is 5.02 Å². The third-order valence-corrected chi connectivity index (χ3v) is 5.90. The number of rotatable bonds is 6. The monoisotopic (exact) mass is 461 g/mol. The van der Waals surface area contributed by atoms with Gasteiger partial charge < -0.3 is 5.32 Å². The van der Waals surface area contributed by atoms with Crippen LogP contribution >= 0.6 is 11.6 Å². The Labute approximate surface area is 196 Å². The maximum Gasteiger partial charge on any atom is 0.332 e. The highest BCUT2D eigenvalue weighted by molar-refractivity contribution is 6.30. The molecular weight excluding hydrogens is 438 g/mol. The number of amides is 1. The summed E-state index contributed by atoms with van der Waals surface area (Å²) in [6.07, 6.45) is 0.769. The van der Waals surface area contributed by atoms with Crippen molar-refractivity contribution < 1.29 is 4.79 Å². The molecule has 1 aromatic heterocycles. The number of nitrogens with zero attached hydrogens (tertiary/aromatic N) is 2. The van der Waals surface area contributed by atoms with E-state index < -0.39 is 11.2 Å². The molecule has 0 unspecified atom stereocenters. The van der Waals surface area contributed by atoms with Crippen LogP contribution in [0.25, 0.3) is 10.9 Å². The second-order valence-electron chi connectivity index (χ2n) is 7.92. The van der Waals surface area contributed by atoms with Crippen molar-refractivity contribution in [3.63, 3.8) is 0 Å². The highest BCUT2D eigenvalue weighted by Gasteiger charge is 2.17. The number of anilines is 1. The van der Waals surface area contributed by atoms with Crippen molar-refractivity contribution in [2.45, 2.75) is 33.4 Å². The van der Waals surface area contributed by atoms with Gasteiger partial charge >= 0.3 is 5.69 Å². The highest BCUT2D eigenvalue weighted by atomic mass is 35.5. The van der Waals surface area contributed by atoms with E-state index in [1.807, 2.05) is 32.0 Å². The molecule has 0 radical (unpaired) electrons. The lowest BCUT2D eigenvalue weighted by atomic mass is 10.1. The van der Waals surface area contributed by atoms with Gasteiger partial charge in [0.25, 0.3) is 5.56 Å². The first-order chi connectivity index (χ1) is 15.9. The van der Waals surface area contributed by atoms with Crippen LogP contribution < -0.4 is 16.6 Å². The molecule has 1 heterocycles. The van der Waals surface area contributed by atoms with Crippen molar-refractivity contribution in [3.8, 4) is 0 Å². The molecule has 6 nitrogen and oxygen atoms in total. The number of carbonyl (C=O) groups excluding carboxylic acids is 1. The molecule has 33 heavy (non-hydrogen) atoms. The number of aryl methyl sites for hydroxylation is 2. The average Bonchev–Trinajstić information content (AvgIpc) is 2.81. The Morgan fingerprint density at radius 2 is 1.73 bits per heavy atom. The molecule has 1 amide bonds. The van der Waals surface area contributed by atoms with Crippen LogP contribution in [0.3, 0.4) is 0 Å². The molecule has 0 aliphatic carbocycles. The standard InChI is InChI=1S/C26H24ClN3O3/c1-3-19-10-6-8-17(2)24(19)28-23(31)16-29-22-13-5-4-12-21(22)25(32)30(26(29)33)15-18-9-7-11-20(27)14-18/h4-14H,3,15-16H2,1-2H3,(H,28,31). The first kappa shape index (κ1) is 22.6. The Hall–Kier alpha value is -3.64. The van der Waals surface area contributed by atoms with Crippen LogP contribution in [0, 0.1) is 6.92 Å². The van der Waals surface area contributed by atoms with Gasteiger partial charge in [0.05, 0.1) is 17.4 Å². The second-order valence-corrected chi connectivity index (χ2v) is 8.35. The Morgan fingerprint density at radius 1 is 0.970 bits per heavy atom. The molecule has 0 bridgehead atoms. The van der Waals surface area contributed by atoms with Gasteiger partial charge in [-0.25, -0.2) is 4.79 Å². The smallest absolute Gasteiger partial charge is 0.324 e. The van der Waals surface area contributed by atoms with Gasteiger partial charge in [0.2, 0.25) is 5.91 Å². The summed E-state index contributed by atoms with van der Waals surface area (Å²) >= 11 is 6.08. The molecule has 0 saturated carbocycles. The summed E-state index contributed by atoms with van der Waals surface area (Å²) in [6.45, 7) is 3.80. The lowest BCUT2D eigenvalue weighted by Crippen LogP contribution is -2.42. The highest BCUT2D eigenvalue weighted by Crippen LogP contribution is 2.21. The van der Waals surface area contributed by atoms with Crippen molar-refractivity contribution in [2.24, 2.45) is 0 Å². The number of benzene rings is 3. The van der Waals surface area contributed by atoms with Crippen molar-refractivity contribution in [3.05, 3.63) is 109 Å². The van der Waals surface area contributed by atoms with E-state index in [9.17, 15) is 14.4 Å². The predicted molar refractivity (Wildman–Crippen MR) is 132 cm³/mol. The zero-order valence-corrected chi connectivity index (χ0v) is 19.2. The Bertz CT molecular complexity index is 1470. The number of aromatic nitrogens is 2. The van der Waals surface area contributed by atoms with Gasteiger partial charge in [-0.05, 0) is 54.3 Å². The van der Waals surface area contributed by atoms with Crippen LogP contribution in [0.5, 0.6) is 0 Å². The average molecular weight is 462 g/mol. The number of para-hydroxylation sites is 2. The fourth-order valence-electron chi connectivity index (χ4n) is 4.01. The summed E-state index contributed by atoms with van der Waals surface area (Å²) in [4.78, 5) is 39.5. The number of halogens is 1. The molecule has 4 rings (SSSR count). The van der Waals surface area contributed by atoms with E-state index in [2.05, 4.69) is 5.32 Å². The van der Waals surface area contributed by atoms with Crippen LogP contribution in [-0.4, -0.2) is 15.0 Å². The maximum atomic E-state index is 13.4. The largest absolute Gasteiger partial charge is 0.332 e. The first-order valence-corrected chi connectivity index (χ1v) is 11.1. The van der Waals surface area contributed by atoms with Crippen LogP contribution in [0.4, 0.5) is 5.69 Å². The lowest BCUT2D eigenvalue weighted by Gasteiger charge is -2.16. The third-order valence-electron chi connectivity index (χ3n) is 5.67. The van der Waals surface area contributed by atoms with Gasteiger partial charge in [0, 0.05) is 10.7 Å². The molecule has 0 fully saturated rings. The van der Waals surface area contributed by atoms with Crippen molar-refractivity contribution in [1.29, 1.82) is 0 Å². The minimum atomic E-state index is -0.547. The van der Waals surface area contributed by atoms with Gasteiger partial charge in [-0.2, -0.15) is 0 Å². The van der Waals surface area contributed by atoms with Crippen molar-refractivity contribution in [2.75, 3.05) is 5.32 Å². The number of hydrogen-bond acceptors (Lipinski definition) is 3. The normalized spacial score (nSPS) is 11.0. The molecule has 0 aliphatic heterocycles. The lowest BCUT2D eigenvalue weighted by molar-refractivity contribution is -0.116. The minimum absolute atomic E-state index is 0.0580. The van der Waals surface area contributed by atoms with E-state index in [1.54, 1.807) is 48.5 Å². The third kappa shape index (κ3) is 4.61. The minimum Gasteiger partial charge on any atom is -0.324 e. The number of carbonyl (C=O) groups is 1. The van der Waals surface area contributed by atoms with E-state index in [0.717, 1.165) is 33.4 Å². The Morgan fingerprint density at radius 3 is 2.48 bits per heavy atom. The van der Waals surface area contributed by atoms with Gasteiger partial charge in [0.1, 0.15) is 6.54 Å². The molecule has 0 spiro atoms. The zero-order chi connectivity index (χ0) is 23.5. The van der Waals surface area contributed by atoms with E-state index in [1.165, 1.54) is 4.57 Å². The molecule has 0 aliphatic rings. The first-order valence-electron chi connectivity index (χ1n) is 10.7. The second kappa shape index (κ2) is 9.46. The van der Waals surface area contributed by atoms with Crippen LogP contribution in [0.15, 0.2) is 76.3 Å². The number of fused-ring (bicyclic) bond motifs is 1. The predicted octanol–water partition coefficient (Wildman–Crippen LogP) is 4.37. The zero-order valence-electron chi connectivity index (χ0n) is 18.5. The van der Waals surface area contributed by atoms with E-state index in [0.29, 0.717) is 15.9 Å². The summed E-state index contributed by atoms with van der Waals surface area (Å²) in [5.41, 5.74) is 2.92. The molecule has 0 atom stereocenters. The van der Waals surface area contributed by atoms with Gasteiger partial charge in [0.15, 0.2) is 0 Å². The Kier molecular flexibility index (Phi) is 6.47. The summed E-state index contributed by atoms with van der Waals surface area (Å²) < 4.78 is 2.49. The summed E-state index contributed by atoms with van der Waals surface area (Å²) in [6, 6.07) is 19.7. The number of hydrogen-bond donors (Lipinski definition) is 1. The SMILES string of the molecule is CCc1cccc(C)c1NC(=O)Cn1c(=O)n(Cc2cccc(Cl)c2)c(=O)c2ccccc21. The molecule has 7 heteroatoms. The summed E-state index contributed by atoms with van der Waals surface area (Å²) in [7, 11) is 0. The quantitative estimate of drug-likeness (QED) is 0.463. The van der Waals surface area contributed by atoms with Crippen molar-refractivity contribution >= 4 is 34.1 Å². The number of nitrogens with one attached hydrogen (secondary N) is 1. The summed E-state index contributed by atoms with van der Waals surface area (Å²) in [5.74, 6) is -0.334. The molecule has 0 saturated heterocycles. The molecule has 168 valence electrons. The van der Waals surface area contributed by atoms with E-state index >= 15 is 0 Å². The van der Waals surface area contributed by atoms with E-state index in [-0.39, 0.29) is 19.0 Å². The molecule has 1 N–H and O–H groups in total. The van der Waals surface area contributed by atoms with Crippen molar-refractivity contribution in [1.82, 2.24) is 9.13 Å².